The molecule has 1 fully saturated rings. The molecule has 54 heavy (non-hydrogen) atoms. The number of hydrogen-bond acceptors (Lipinski definition) is 7. The molecule has 4 unspecified atom stereocenters. The molecule has 0 saturated heterocycles. The van der Waals surface area contributed by atoms with Gasteiger partial charge in [0.2, 0.25) is 10.0 Å². The molecule has 0 amide bonds. The van der Waals surface area contributed by atoms with Gasteiger partial charge in [0.1, 0.15) is 16.8 Å². The van der Waals surface area contributed by atoms with Crippen molar-refractivity contribution < 1.29 is 27.9 Å². The lowest BCUT2D eigenvalue weighted by Gasteiger charge is -2.55. The van der Waals surface area contributed by atoms with Crippen molar-refractivity contribution in [3.05, 3.63) is 123 Å². The summed E-state index contributed by atoms with van der Waals surface area (Å²) in [5, 5.41) is 10.1. The van der Waals surface area contributed by atoms with Gasteiger partial charge in [0.25, 0.3) is 0 Å². The van der Waals surface area contributed by atoms with Gasteiger partial charge in [-0.1, -0.05) is 96.0 Å². The topological polar surface area (TPSA) is 136 Å². The van der Waals surface area contributed by atoms with Crippen LogP contribution < -0.4 is 15.2 Å². The molecule has 284 valence electrons. The zero-order chi connectivity index (χ0) is 38.6. The number of ketones is 2. The van der Waals surface area contributed by atoms with E-state index in [-0.39, 0.29) is 50.3 Å². The highest BCUT2D eigenvalue weighted by Crippen LogP contribution is 2.57. The number of nitrogens with two attached hydrogens (primary N) is 1. The molecule has 4 aliphatic carbocycles. The Balaban J connectivity index is 1.06. The molecule has 3 aromatic rings. The van der Waals surface area contributed by atoms with Crippen LogP contribution in [0.1, 0.15) is 133 Å². The van der Waals surface area contributed by atoms with Crippen LogP contribution in [0, 0.1) is 11.3 Å². The van der Waals surface area contributed by atoms with Gasteiger partial charge in [-0.15, -0.1) is 0 Å². The minimum atomic E-state index is -3.81. The van der Waals surface area contributed by atoms with Gasteiger partial charge in [-0.2, -0.15) is 0 Å². The summed E-state index contributed by atoms with van der Waals surface area (Å²) < 4.78 is 36.7. The van der Waals surface area contributed by atoms with Crippen molar-refractivity contribution in [3.63, 3.8) is 0 Å². The molecule has 4 atom stereocenters. The van der Waals surface area contributed by atoms with Crippen molar-refractivity contribution in [2.75, 3.05) is 12.3 Å². The molecular weight excluding hydrogens is 697 g/mol. The second-order valence-electron chi connectivity index (χ2n) is 16.5. The number of phenolic OH excluding ortho intramolecular Hbond substituents is 1. The lowest BCUT2D eigenvalue weighted by atomic mass is 9.50. The van der Waals surface area contributed by atoms with Crippen molar-refractivity contribution in [3.8, 4) is 11.5 Å². The number of unbranched alkanes of at least 4 members (excludes halogenated alkanes) is 1. The molecular formula is C45H52N2O6S. The molecule has 0 bridgehead atoms. The van der Waals surface area contributed by atoms with Crippen molar-refractivity contribution in [1.29, 1.82) is 0 Å². The molecule has 7 rings (SSSR count). The van der Waals surface area contributed by atoms with E-state index in [2.05, 4.69) is 57.5 Å². The fourth-order valence-corrected chi connectivity index (χ4v) is 10.8. The highest BCUT2D eigenvalue weighted by atomic mass is 32.2. The molecule has 0 radical (unpaired) electrons. The van der Waals surface area contributed by atoms with Crippen LogP contribution in [0.2, 0.25) is 0 Å². The van der Waals surface area contributed by atoms with E-state index in [1.807, 2.05) is 6.07 Å². The van der Waals surface area contributed by atoms with Crippen molar-refractivity contribution in [1.82, 2.24) is 4.72 Å². The minimum absolute atomic E-state index is 0.00809. The zero-order valence-electron chi connectivity index (χ0n) is 32.0. The van der Waals surface area contributed by atoms with Crippen LogP contribution in [-0.2, 0) is 28.3 Å². The second-order valence-corrected chi connectivity index (χ2v) is 18.5. The van der Waals surface area contributed by atoms with Crippen molar-refractivity contribution in [2.45, 2.75) is 103 Å². The number of carbonyl (C=O) groups excluding carboxylic acids is 2. The number of sulfonamides is 1. The van der Waals surface area contributed by atoms with E-state index >= 15 is 0 Å². The molecule has 4 N–H and O–H groups in total. The highest BCUT2D eigenvalue weighted by Gasteiger charge is 2.52. The number of nitrogen functional groups attached to an aromatic ring is 1. The van der Waals surface area contributed by atoms with E-state index in [1.54, 1.807) is 42.5 Å². The Hall–Kier alpha value is -4.47. The summed E-state index contributed by atoms with van der Waals surface area (Å²) in [6, 6.07) is 13.4. The van der Waals surface area contributed by atoms with Gasteiger partial charge in [0.05, 0.1) is 16.8 Å². The molecule has 3 aromatic carbocycles. The van der Waals surface area contributed by atoms with Crippen molar-refractivity contribution in [2.24, 2.45) is 11.3 Å². The number of rotatable bonds is 10. The van der Waals surface area contributed by atoms with Gasteiger partial charge < -0.3 is 15.6 Å². The summed E-state index contributed by atoms with van der Waals surface area (Å²) in [6.07, 6.45) is 15.7. The molecule has 0 spiro atoms. The Morgan fingerprint density at radius 1 is 1.00 bits per heavy atom. The predicted octanol–water partition coefficient (Wildman–Crippen LogP) is 8.60. The smallest absolute Gasteiger partial charge is 0.221 e. The number of allylic oxidation sites excluding steroid dienone is 3. The Labute approximate surface area is 319 Å². The summed E-state index contributed by atoms with van der Waals surface area (Å²) >= 11 is 0. The van der Waals surface area contributed by atoms with Gasteiger partial charge >= 0.3 is 0 Å². The Kier molecular flexibility index (Phi) is 10.0. The number of hydrogen-bond donors (Lipinski definition) is 3. The number of carbonyl (C=O) groups is 2. The summed E-state index contributed by atoms with van der Waals surface area (Å²) in [4.78, 5) is 27.2. The van der Waals surface area contributed by atoms with Crippen LogP contribution in [0.5, 0.6) is 11.5 Å². The number of benzene rings is 3. The van der Waals surface area contributed by atoms with E-state index < -0.39 is 32.6 Å². The van der Waals surface area contributed by atoms with Crippen LogP contribution in [0.15, 0.2) is 78.6 Å². The second kappa shape index (κ2) is 14.3. The number of aromatic hydroxyl groups is 1. The first-order chi connectivity index (χ1) is 25.7. The first-order valence-electron chi connectivity index (χ1n) is 19.4. The highest BCUT2D eigenvalue weighted by molar-refractivity contribution is 7.90. The molecule has 9 heteroatoms. The van der Waals surface area contributed by atoms with Crippen LogP contribution in [0.3, 0.4) is 0 Å². The van der Waals surface area contributed by atoms with E-state index in [9.17, 15) is 23.1 Å². The van der Waals surface area contributed by atoms with Crippen molar-refractivity contribution >= 4 is 27.3 Å². The molecule has 4 aliphatic rings. The maximum absolute atomic E-state index is 13.8. The average Bonchev–Trinajstić information content (AvgIpc) is 3.39. The van der Waals surface area contributed by atoms with Crippen LogP contribution in [0.25, 0.3) is 0 Å². The van der Waals surface area contributed by atoms with E-state index in [1.165, 1.54) is 22.8 Å². The number of fused-ring (bicyclic) bond motifs is 5. The Bertz CT molecular complexity index is 2230. The third kappa shape index (κ3) is 6.64. The monoisotopic (exact) mass is 748 g/mol. The lowest BCUT2D eigenvalue weighted by Crippen LogP contribution is -2.53. The van der Waals surface area contributed by atoms with E-state index in [0.29, 0.717) is 18.4 Å². The number of phenols is 1. The van der Waals surface area contributed by atoms with Gasteiger partial charge in [-0.3, -0.25) is 9.59 Å². The Morgan fingerprint density at radius 3 is 2.54 bits per heavy atom. The van der Waals surface area contributed by atoms with Crippen LogP contribution >= 0.6 is 0 Å². The lowest BCUT2D eigenvalue weighted by molar-refractivity contribution is 0.0298. The molecule has 8 nitrogen and oxygen atoms in total. The van der Waals surface area contributed by atoms with Crippen LogP contribution in [0.4, 0.5) is 5.69 Å². The largest absolute Gasteiger partial charge is 0.507 e. The van der Waals surface area contributed by atoms with E-state index in [4.69, 9.17) is 10.5 Å². The third-order valence-corrected chi connectivity index (χ3v) is 14.2. The standard InChI is InChI=1S/C45H52N2O6S/c1-6-7-10-28-13-18-33-34(23-28)43(50)39-36(48)25-37(41(46)40(39)42(33)49)53-31-11-8-12-32(17-16-31)54(51,52)47-26-44(4)21-9-22-45(5)35-19-14-29(27(2)3)24-30(35)15-20-38(44)45/h8,11-14,16-19,23-25,27,32,38,47-48H,6-7,9-10,15,20-22,26,46H2,1-5H3. The SMILES string of the molecule is CCCCc1ccc2c(c1)C(=O)c1c(O)cc(OC3=CC=CC(S(=O)(=O)NCC4(C)CCCC5(C)c6ccc(C(C)C)cc6CCC45)C=C3)c(N)c1C2=O. The molecule has 0 aromatic heterocycles. The third-order valence-electron chi connectivity index (χ3n) is 12.6. The van der Waals surface area contributed by atoms with Gasteiger partial charge in [0.15, 0.2) is 17.3 Å². The molecule has 0 aliphatic heterocycles. The molecule has 0 heterocycles. The number of ether oxygens (including phenoxy) is 1. The molecule has 1 saturated carbocycles. The normalized spacial score (nSPS) is 24.7. The minimum Gasteiger partial charge on any atom is -0.507 e. The predicted molar refractivity (Wildman–Crippen MR) is 214 cm³/mol. The number of nitrogens with one attached hydrogen (secondary N) is 1. The number of aryl methyl sites for hydroxylation is 2. The zero-order valence-corrected chi connectivity index (χ0v) is 32.8. The summed E-state index contributed by atoms with van der Waals surface area (Å²) in [7, 11) is -3.81. The van der Waals surface area contributed by atoms with Crippen LogP contribution in [-0.4, -0.2) is 36.9 Å². The fourth-order valence-electron chi connectivity index (χ4n) is 9.54. The van der Waals surface area contributed by atoms with E-state index in [0.717, 1.165) is 56.9 Å². The maximum Gasteiger partial charge on any atom is 0.221 e. The number of anilines is 1. The fraction of sp³-hybridized carbons (Fsp3) is 0.422. The first-order valence-corrected chi connectivity index (χ1v) is 21.0. The van der Waals surface area contributed by atoms with Gasteiger partial charge in [-0.25, -0.2) is 13.1 Å². The summed E-state index contributed by atoms with van der Waals surface area (Å²) in [5.74, 6) is -0.281. The first kappa shape index (κ1) is 37.8. The quantitative estimate of drug-likeness (QED) is 0.109. The Morgan fingerprint density at radius 2 is 1.78 bits per heavy atom. The summed E-state index contributed by atoms with van der Waals surface area (Å²) in [5.41, 5.74) is 11.6. The van der Waals surface area contributed by atoms with Gasteiger partial charge in [0, 0.05) is 23.7 Å². The average molecular weight is 749 g/mol. The van der Waals surface area contributed by atoms with Gasteiger partial charge in [-0.05, 0) is 102 Å². The maximum atomic E-state index is 13.8. The summed E-state index contributed by atoms with van der Waals surface area (Å²) in [6.45, 7) is 11.5.